The van der Waals surface area contributed by atoms with Gasteiger partial charge in [0.25, 0.3) is 0 Å². The van der Waals surface area contributed by atoms with Crippen molar-refractivity contribution in [3.05, 3.63) is 65.5 Å². The number of para-hydroxylation sites is 1. The van der Waals surface area contributed by atoms with Gasteiger partial charge in [0.2, 0.25) is 11.8 Å². The molecule has 156 valence electrons. The molecular weight excluding hydrogens is 369 g/mol. The number of rotatable bonds is 9. The molecule has 0 saturated heterocycles. The van der Waals surface area contributed by atoms with Gasteiger partial charge in [-0.05, 0) is 63.1 Å². The number of anilines is 1. The number of hydrogen-bond donors (Lipinski definition) is 2. The summed E-state index contributed by atoms with van der Waals surface area (Å²) in [5, 5.41) is 5.87. The van der Waals surface area contributed by atoms with Gasteiger partial charge in [0.15, 0.2) is 0 Å². The third-order valence-electron chi connectivity index (χ3n) is 4.93. The van der Waals surface area contributed by atoms with Crippen molar-refractivity contribution in [1.29, 1.82) is 0 Å². The second kappa shape index (κ2) is 10.7. The molecule has 0 radical (unpaired) electrons. The first-order valence-corrected chi connectivity index (χ1v) is 9.97. The minimum atomic E-state index is -0.472. The maximum Gasteiger partial charge on any atom is 0.238 e. The Kier molecular flexibility index (Phi) is 8.34. The lowest BCUT2D eigenvalue weighted by molar-refractivity contribution is -0.127. The van der Waals surface area contributed by atoms with Crippen LogP contribution in [0.25, 0.3) is 0 Å². The Balaban J connectivity index is 1.98. The number of hydrogen-bond acceptors (Lipinski definition) is 3. The van der Waals surface area contributed by atoms with Crippen LogP contribution in [0.15, 0.2) is 48.5 Å². The van der Waals surface area contributed by atoms with E-state index in [2.05, 4.69) is 10.6 Å². The molecule has 2 atom stereocenters. The number of carbonyl (C=O) groups is 2. The molecule has 0 heterocycles. The first-order chi connectivity index (χ1) is 13.8. The molecule has 2 amide bonds. The molecule has 0 aliphatic heterocycles. The molecule has 0 aliphatic rings. The summed E-state index contributed by atoms with van der Waals surface area (Å²) in [7, 11) is 0. The fourth-order valence-electron chi connectivity index (χ4n) is 3.12. The highest BCUT2D eigenvalue weighted by Gasteiger charge is 2.24. The van der Waals surface area contributed by atoms with Gasteiger partial charge in [-0.15, -0.1) is 0 Å². The maximum absolute atomic E-state index is 13.1. The second-order valence-corrected chi connectivity index (χ2v) is 7.29. The topological polar surface area (TPSA) is 61.4 Å². The van der Waals surface area contributed by atoms with Crippen LogP contribution in [0, 0.1) is 12.7 Å². The van der Waals surface area contributed by atoms with Crippen molar-refractivity contribution in [3.8, 4) is 0 Å². The van der Waals surface area contributed by atoms with E-state index >= 15 is 0 Å². The van der Waals surface area contributed by atoms with E-state index in [1.54, 1.807) is 19.1 Å². The number of benzene rings is 2. The van der Waals surface area contributed by atoms with Gasteiger partial charge in [0, 0.05) is 5.69 Å². The van der Waals surface area contributed by atoms with Crippen LogP contribution >= 0.6 is 0 Å². The van der Waals surface area contributed by atoms with E-state index in [4.69, 9.17) is 0 Å². The molecule has 5 nitrogen and oxygen atoms in total. The predicted octanol–water partition coefficient (Wildman–Crippen LogP) is 4.05. The van der Waals surface area contributed by atoms with Crippen LogP contribution in [-0.4, -0.2) is 35.8 Å². The van der Waals surface area contributed by atoms with E-state index in [9.17, 15) is 14.0 Å². The van der Waals surface area contributed by atoms with Crippen LogP contribution < -0.4 is 10.6 Å². The summed E-state index contributed by atoms with van der Waals surface area (Å²) in [6, 6.07) is 12.9. The summed E-state index contributed by atoms with van der Waals surface area (Å²) in [6.45, 7) is 8.35. The average molecular weight is 400 g/mol. The Morgan fingerprint density at radius 2 is 1.72 bits per heavy atom. The summed E-state index contributed by atoms with van der Waals surface area (Å²) < 4.78 is 13.1. The molecule has 2 rings (SSSR count). The largest absolute Gasteiger partial charge is 0.348 e. The van der Waals surface area contributed by atoms with E-state index in [0.717, 1.165) is 23.2 Å². The normalized spacial score (nSPS) is 13.0. The molecule has 2 unspecified atom stereocenters. The molecule has 0 bridgehead atoms. The van der Waals surface area contributed by atoms with Crippen LogP contribution in [-0.2, 0) is 9.59 Å². The fourth-order valence-corrected chi connectivity index (χ4v) is 3.12. The Hall–Kier alpha value is -2.73. The zero-order chi connectivity index (χ0) is 21.4. The molecule has 2 N–H and O–H groups in total. The molecule has 0 saturated carbocycles. The van der Waals surface area contributed by atoms with Gasteiger partial charge in [-0.1, -0.05) is 37.3 Å². The highest BCUT2D eigenvalue weighted by Crippen LogP contribution is 2.15. The number of halogens is 1. The zero-order valence-corrected chi connectivity index (χ0v) is 17.5. The van der Waals surface area contributed by atoms with Gasteiger partial charge in [-0.3, -0.25) is 14.5 Å². The van der Waals surface area contributed by atoms with Crippen molar-refractivity contribution < 1.29 is 14.0 Å². The average Bonchev–Trinajstić information content (AvgIpc) is 2.69. The van der Waals surface area contributed by atoms with Gasteiger partial charge in [0.1, 0.15) is 5.82 Å². The molecule has 0 fully saturated rings. The Bertz CT molecular complexity index is 823. The Morgan fingerprint density at radius 1 is 1.07 bits per heavy atom. The van der Waals surface area contributed by atoms with E-state index in [1.165, 1.54) is 12.1 Å². The minimum absolute atomic E-state index is 0.127. The third-order valence-corrected chi connectivity index (χ3v) is 4.93. The van der Waals surface area contributed by atoms with Crippen LogP contribution in [0.3, 0.4) is 0 Å². The molecule has 2 aromatic rings. The Morgan fingerprint density at radius 3 is 2.34 bits per heavy atom. The van der Waals surface area contributed by atoms with Crippen molar-refractivity contribution >= 4 is 17.5 Å². The monoisotopic (exact) mass is 399 g/mol. The molecule has 0 aliphatic carbocycles. The van der Waals surface area contributed by atoms with Gasteiger partial charge in [-0.2, -0.15) is 0 Å². The van der Waals surface area contributed by atoms with Gasteiger partial charge < -0.3 is 10.6 Å². The maximum atomic E-state index is 13.1. The second-order valence-electron chi connectivity index (χ2n) is 7.29. The lowest BCUT2D eigenvalue weighted by Gasteiger charge is -2.28. The van der Waals surface area contributed by atoms with Crippen molar-refractivity contribution in [2.45, 2.75) is 46.2 Å². The summed E-state index contributed by atoms with van der Waals surface area (Å²) in [4.78, 5) is 27.1. The molecule has 0 spiro atoms. The summed E-state index contributed by atoms with van der Waals surface area (Å²) in [6.07, 6.45) is 0.822. The molecule has 6 heteroatoms. The molecule has 29 heavy (non-hydrogen) atoms. The minimum Gasteiger partial charge on any atom is -0.348 e. The summed E-state index contributed by atoms with van der Waals surface area (Å²) >= 11 is 0. The van der Waals surface area contributed by atoms with Gasteiger partial charge in [-0.25, -0.2) is 4.39 Å². The lowest BCUT2D eigenvalue weighted by Crippen LogP contribution is -2.48. The smallest absolute Gasteiger partial charge is 0.238 e. The van der Waals surface area contributed by atoms with Gasteiger partial charge in [0.05, 0.1) is 18.6 Å². The van der Waals surface area contributed by atoms with E-state index in [0.29, 0.717) is 6.54 Å². The van der Waals surface area contributed by atoms with Crippen LogP contribution in [0.5, 0.6) is 0 Å². The SMILES string of the molecule is CCCN(CC(=O)Nc1ccccc1C)C(C)C(=O)NC(C)c1ccc(F)cc1. The zero-order valence-electron chi connectivity index (χ0n) is 17.5. The van der Waals surface area contributed by atoms with E-state index in [-0.39, 0.29) is 30.2 Å². The molecule has 0 aromatic heterocycles. The van der Waals surface area contributed by atoms with Crippen LogP contribution in [0.1, 0.15) is 44.4 Å². The third kappa shape index (κ3) is 6.68. The van der Waals surface area contributed by atoms with Crippen LogP contribution in [0.4, 0.5) is 10.1 Å². The van der Waals surface area contributed by atoms with Crippen LogP contribution in [0.2, 0.25) is 0 Å². The lowest BCUT2D eigenvalue weighted by atomic mass is 10.1. The number of nitrogens with one attached hydrogen (secondary N) is 2. The van der Waals surface area contributed by atoms with Crippen molar-refractivity contribution in [2.75, 3.05) is 18.4 Å². The standard InChI is InChI=1S/C23H30FN3O2/c1-5-14-27(15-22(28)26-21-9-7-6-8-16(21)2)18(4)23(29)25-17(3)19-10-12-20(24)13-11-19/h6-13,17-18H,5,14-15H2,1-4H3,(H,25,29)(H,26,28). The molecule has 2 aromatic carbocycles. The number of carbonyl (C=O) groups excluding carboxylic acids is 2. The summed E-state index contributed by atoms with van der Waals surface area (Å²) in [5.74, 6) is -0.632. The highest BCUT2D eigenvalue weighted by molar-refractivity contribution is 5.93. The highest BCUT2D eigenvalue weighted by atomic mass is 19.1. The number of aryl methyl sites for hydroxylation is 1. The van der Waals surface area contributed by atoms with E-state index in [1.807, 2.05) is 49.9 Å². The van der Waals surface area contributed by atoms with E-state index < -0.39 is 6.04 Å². The number of nitrogens with zero attached hydrogens (tertiary/aromatic N) is 1. The predicted molar refractivity (Wildman–Crippen MR) is 114 cm³/mol. The first-order valence-electron chi connectivity index (χ1n) is 9.97. The van der Waals surface area contributed by atoms with Crippen molar-refractivity contribution in [3.63, 3.8) is 0 Å². The molecular formula is C23H30FN3O2. The summed E-state index contributed by atoms with van der Waals surface area (Å²) in [5.41, 5.74) is 2.59. The first kappa shape index (κ1) is 22.6. The van der Waals surface area contributed by atoms with Crippen molar-refractivity contribution in [2.24, 2.45) is 0 Å². The van der Waals surface area contributed by atoms with Gasteiger partial charge >= 0.3 is 0 Å². The van der Waals surface area contributed by atoms with Crippen molar-refractivity contribution in [1.82, 2.24) is 10.2 Å². The number of amides is 2. The fraction of sp³-hybridized carbons (Fsp3) is 0.391. The Labute approximate surface area is 172 Å². The quantitative estimate of drug-likeness (QED) is 0.669.